The Hall–Kier alpha value is -1.39. The molecule has 1 heterocycles. The van der Waals surface area contributed by atoms with Crippen LogP contribution in [-0.4, -0.2) is 36.5 Å². The van der Waals surface area contributed by atoms with Gasteiger partial charge in [-0.15, -0.1) is 0 Å². The average molecular weight is 275 g/mol. The highest BCUT2D eigenvalue weighted by Crippen LogP contribution is 2.19. The van der Waals surface area contributed by atoms with Gasteiger partial charge in [0.2, 0.25) is 5.91 Å². The molecule has 1 aromatic rings. The quantitative estimate of drug-likeness (QED) is 0.865. The Labute approximate surface area is 121 Å². The average Bonchev–Trinajstić information content (AvgIpc) is 2.44. The molecule has 1 amide bonds. The summed E-state index contributed by atoms with van der Waals surface area (Å²) in [5.41, 5.74) is 7.67. The molecule has 1 aliphatic heterocycles. The van der Waals surface area contributed by atoms with Crippen molar-refractivity contribution in [1.29, 1.82) is 0 Å². The van der Waals surface area contributed by atoms with E-state index in [9.17, 15) is 4.79 Å². The van der Waals surface area contributed by atoms with E-state index in [1.807, 2.05) is 31.2 Å². The molecule has 0 radical (unpaired) electrons. The molecule has 2 rings (SSSR count). The molecule has 0 saturated carbocycles. The number of aryl methyl sites for hydroxylation is 1. The van der Waals surface area contributed by atoms with Crippen LogP contribution in [0.4, 0.5) is 5.69 Å². The van der Waals surface area contributed by atoms with E-state index >= 15 is 0 Å². The lowest BCUT2D eigenvalue weighted by molar-refractivity contribution is -0.118. The van der Waals surface area contributed by atoms with Gasteiger partial charge in [0.15, 0.2) is 0 Å². The van der Waals surface area contributed by atoms with Crippen LogP contribution in [0.3, 0.4) is 0 Å². The Morgan fingerprint density at radius 3 is 2.95 bits per heavy atom. The van der Waals surface area contributed by atoms with Crippen molar-refractivity contribution < 1.29 is 4.79 Å². The van der Waals surface area contributed by atoms with Crippen LogP contribution in [0.5, 0.6) is 0 Å². The molecule has 1 aliphatic rings. The minimum Gasteiger partial charge on any atom is -0.330 e. The molecule has 1 atom stereocenters. The van der Waals surface area contributed by atoms with E-state index in [-0.39, 0.29) is 5.91 Å². The van der Waals surface area contributed by atoms with Crippen LogP contribution in [0, 0.1) is 6.92 Å². The van der Waals surface area contributed by atoms with Gasteiger partial charge in [-0.3, -0.25) is 9.69 Å². The van der Waals surface area contributed by atoms with Crippen LogP contribution < -0.4 is 11.1 Å². The number of piperidine rings is 1. The highest BCUT2D eigenvalue weighted by molar-refractivity contribution is 5.92. The van der Waals surface area contributed by atoms with Gasteiger partial charge in [0.1, 0.15) is 0 Å². The van der Waals surface area contributed by atoms with Gasteiger partial charge in [-0.2, -0.15) is 0 Å². The number of para-hydroxylation sites is 1. The maximum Gasteiger partial charge on any atom is 0.238 e. The van der Waals surface area contributed by atoms with Gasteiger partial charge < -0.3 is 11.1 Å². The van der Waals surface area contributed by atoms with E-state index in [4.69, 9.17) is 5.73 Å². The van der Waals surface area contributed by atoms with Crippen molar-refractivity contribution in [2.45, 2.75) is 38.6 Å². The van der Waals surface area contributed by atoms with Gasteiger partial charge in [-0.05, 0) is 50.9 Å². The molecular formula is C16H25N3O. The highest BCUT2D eigenvalue weighted by atomic mass is 16.2. The van der Waals surface area contributed by atoms with Crippen LogP contribution in [0.15, 0.2) is 24.3 Å². The molecule has 3 N–H and O–H groups in total. The monoisotopic (exact) mass is 275 g/mol. The normalized spacial score (nSPS) is 19.8. The molecule has 1 saturated heterocycles. The van der Waals surface area contributed by atoms with Gasteiger partial charge in [-0.1, -0.05) is 24.6 Å². The predicted octanol–water partition coefficient (Wildman–Crippen LogP) is 2.14. The minimum absolute atomic E-state index is 0.0724. The number of benzene rings is 1. The van der Waals surface area contributed by atoms with Gasteiger partial charge in [-0.25, -0.2) is 0 Å². The third-order valence-electron chi connectivity index (χ3n) is 4.01. The molecule has 4 nitrogen and oxygen atoms in total. The summed E-state index contributed by atoms with van der Waals surface area (Å²) in [4.78, 5) is 14.5. The van der Waals surface area contributed by atoms with E-state index in [2.05, 4.69) is 10.2 Å². The molecule has 0 aliphatic carbocycles. The van der Waals surface area contributed by atoms with Crippen LogP contribution in [0.25, 0.3) is 0 Å². The van der Waals surface area contributed by atoms with Crippen LogP contribution in [0.1, 0.15) is 31.2 Å². The molecule has 20 heavy (non-hydrogen) atoms. The first-order valence-corrected chi connectivity index (χ1v) is 7.50. The van der Waals surface area contributed by atoms with Crippen molar-refractivity contribution in [3.05, 3.63) is 29.8 Å². The second-order valence-electron chi connectivity index (χ2n) is 5.56. The first-order chi connectivity index (χ1) is 9.70. The summed E-state index contributed by atoms with van der Waals surface area (Å²) in [6, 6.07) is 8.35. The van der Waals surface area contributed by atoms with Crippen LogP contribution >= 0.6 is 0 Å². The number of amides is 1. The number of hydrogen-bond donors (Lipinski definition) is 2. The third kappa shape index (κ3) is 4.05. The van der Waals surface area contributed by atoms with E-state index in [1.165, 1.54) is 12.8 Å². The molecular weight excluding hydrogens is 250 g/mol. The first-order valence-electron chi connectivity index (χ1n) is 7.50. The summed E-state index contributed by atoms with van der Waals surface area (Å²) >= 11 is 0. The summed E-state index contributed by atoms with van der Waals surface area (Å²) in [5, 5.41) is 3.01. The fourth-order valence-corrected chi connectivity index (χ4v) is 2.87. The topological polar surface area (TPSA) is 58.4 Å². The Balaban J connectivity index is 1.91. The van der Waals surface area contributed by atoms with Gasteiger partial charge >= 0.3 is 0 Å². The highest BCUT2D eigenvalue weighted by Gasteiger charge is 2.23. The lowest BCUT2D eigenvalue weighted by Gasteiger charge is -2.35. The van der Waals surface area contributed by atoms with Crippen molar-refractivity contribution in [1.82, 2.24) is 4.90 Å². The van der Waals surface area contributed by atoms with Crippen molar-refractivity contribution in [3.63, 3.8) is 0 Å². The fourth-order valence-electron chi connectivity index (χ4n) is 2.87. The van der Waals surface area contributed by atoms with E-state index in [0.717, 1.165) is 30.6 Å². The lowest BCUT2D eigenvalue weighted by Crippen LogP contribution is -2.44. The van der Waals surface area contributed by atoms with E-state index < -0.39 is 0 Å². The van der Waals surface area contributed by atoms with Crippen molar-refractivity contribution >= 4 is 11.6 Å². The number of hydrogen-bond acceptors (Lipinski definition) is 3. The van der Waals surface area contributed by atoms with Crippen molar-refractivity contribution in [2.24, 2.45) is 5.73 Å². The second-order valence-corrected chi connectivity index (χ2v) is 5.56. The van der Waals surface area contributed by atoms with Crippen molar-refractivity contribution in [3.8, 4) is 0 Å². The molecule has 0 spiro atoms. The van der Waals surface area contributed by atoms with Gasteiger partial charge in [0, 0.05) is 11.7 Å². The number of anilines is 1. The number of nitrogens with one attached hydrogen (secondary N) is 1. The molecule has 1 aromatic carbocycles. The third-order valence-corrected chi connectivity index (χ3v) is 4.01. The lowest BCUT2D eigenvalue weighted by atomic mass is 9.99. The summed E-state index contributed by atoms with van der Waals surface area (Å²) in [6.45, 7) is 4.18. The second kappa shape index (κ2) is 7.41. The maximum atomic E-state index is 12.2. The number of likely N-dealkylation sites (tertiary alicyclic amines) is 1. The molecule has 4 heteroatoms. The van der Waals surface area contributed by atoms with E-state index in [0.29, 0.717) is 19.1 Å². The SMILES string of the molecule is Cc1ccccc1NC(=O)CN1CCCCC1CCN. The molecule has 110 valence electrons. The number of carbonyl (C=O) groups is 1. The number of rotatable bonds is 5. The van der Waals surface area contributed by atoms with Crippen LogP contribution in [-0.2, 0) is 4.79 Å². The zero-order valence-electron chi connectivity index (χ0n) is 12.3. The largest absolute Gasteiger partial charge is 0.330 e. The zero-order valence-corrected chi connectivity index (χ0v) is 12.3. The zero-order chi connectivity index (χ0) is 14.4. The minimum atomic E-state index is 0.0724. The fraction of sp³-hybridized carbons (Fsp3) is 0.562. The molecule has 1 fully saturated rings. The maximum absolute atomic E-state index is 12.2. The summed E-state index contributed by atoms with van der Waals surface area (Å²) in [7, 11) is 0. The van der Waals surface area contributed by atoms with E-state index in [1.54, 1.807) is 0 Å². The first kappa shape index (κ1) is 15.0. The molecule has 0 aromatic heterocycles. The summed E-state index contributed by atoms with van der Waals surface area (Å²) < 4.78 is 0. The summed E-state index contributed by atoms with van der Waals surface area (Å²) in [6.07, 6.45) is 4.58. The Morgan fingerprint density at radius 1 is 1.40 bits per heavy atom. The Morgan fingerprint density at radius 2 is 2.20 bits per heavy atom. The summed E-state index contributed by atoms with van der Waals surface area (Å²) in [5.74, 6) is 0.0724. The Kier molecular flexibility index (Phi) is 5.56. The van der Waals surface area contributed by atoms with Crippen LogP contribution in [0.2, 0.25) is 0 Å². The van der Waals surface area contributed by atoms with Gasteiger partial charge in [0.05, 0.1) is 6.54 Å². The van der Waals surface area contributed by atoms with Crippen molar-refractivity contribution in [2.75, 3.05) is 25.0 Å². The Bertz CT molecular complexity index is 445. The predicted molar refractivity (Wildman–Crippen MR) is 82.7 cm³/mol. The number of nitrogens with two attached hydrogens (primary N) is 1. The standard InChI is InChI=1S/C16H25N3O/c1-13-6-2-3-8-15(13)18-16(20)12-19-11-5-4-7-14(19)9-10-17/h2-3,6,8,14H,4-5,7,9-12,17H2,1H3,(H,18,20). The molecule has 1 unspecified atom stereocenters. The number of carbonyl (C=O) groups excluding carboxylic acids is 1. The molecule has 0 bridgehead atoms. The smallest absolute Gasteiger partial charge is 0.238 e. The van der Waals surface area contributed by atoms with Gasteiger partial charge in [0.25, 0.3) is 0 Å². The number of nitrogens with zero attached hydrogens (tertiary/aromatic N) is 1.